The molecule has 2 aliphatic heterocycles. The van der Waals surface area contributed by atoms with Crippen molar-refractivity contribution < 1.29 is 4.79 Å². The lowest BCUT2D eigenvalue weighted by Crippen LogP contribution is -2.44. The molecule has 186 valence electrons. The molecule has 1 saturated heterocycles. The summed E-state index contributed by atoms with van der Waals surface area (Å²) in [5.74, 6) is 2.15. The number of amides is 1. The molecule has 1 N–H and O–H groups in total. The number of aryl methyl sites for hydroxylation is 2. The third-order valence-electron chi connectivity index (χ3n) is 7.28. The summed E-state index contributed by atoms with van der Waals surface area (Å²) >= 11 is 0. The summed E-state index contributed by atoms with van der Waals surface area (Å²) in [4.78, 5) is 31.7. The average Bonchev–Trinajstić information content (AvgIpc) is 3.08. The first kappa shape index (κ1) is 23.7. The number of piperidine rings is 1. The van der Waals surface area contributed by atoms with Gasteiger partial charge in [0, 0.05) is 39.1 Å². The van der Waals surface area contributed by atoms with Gasteiger partial charge in [0.05, 0.1) is 5.92 Å². The van der Waals surface area contributed by atoms with Gasteiger partial charge in [0.2, 0.25) is 5.91 Å². The van der Waals surface area contributed by atoms with Crippen LogP contribution in [0.1, 0.15) is 49.9 Å². The molecule has 1 aromatic carbocycles. The number of carbonyl (C=O) groups excluding carboxylic acids is 1. The van der Waals surface area contributed by atoms with Crippen LogP contribution in [-0.2, 0) is 24.3 Å². The molecule has 2 aromatic heterocycles. The number of nitrogens with one attached hydrogen (secondary N) is 1. The highest BCUT2D eigenvalue weighted by Crippen LogP contribution is 2.29. The standard InChI is InChI=1S/C27H37N7O/c1-32(18-21-10-4-2-5-11-21)15-9-14-28-27(35)22-12-8-16-33(19-22)25-24-26(30-20-29-25)34-17-7-3-6-13-23(34)31-24/h2,4-5,10-11,20,22H,3,6-9,12-19H2,1H3,(H,28,35)/t22-/m1/s1. The first-order valence-corrected chi connectivity index (χ1v) is 13.1. The third kappa shape index (κ3) is 5.64. The van der Waals surface area contributed by atoms with Crippen LogP contribution in [0.2, 0.25) is 0 Å². The van der Waals surface area contributed by atoms with Crippen LogP contribution in [0.3, 0.4) is 0 Å². The Bertz CT molecular complexity index is 1130. The lowest BCUT2D eigenvalue weighted by molar-refractivity contribution is -0.125. The van der Waals surface area contributed by atoms with Gasteiger partial charge in [-0.15, -0.1) is 0 Å². The SMILES string of the molecule is CN(CCCNC(=O)[C@@H]1CCCN(c2ncnc3c2nc2n3CCCCC2)C1)Cc1ccccc1. The van der Waals surface area contributed by atoms with E-state index in [4.69, 9.17) is 4.98 Å². The Morgan fingerprint density at radius 2 is 2.00 bits per heavy atom. The molecule has 1 atom stereocenters. The van der Waals surface area contributed by atoms with Crippen LogP contribution in [0, 0.1) is 5.92 Å². The number of hydrogen-bond donors (Lipinski definition) is 1. The van der Waals surface area contributed by atoms with Crippen LogP contribution >= 0.6 is 0 Å². The van der Waals surface area contributed by atoms with Gasteiger partial charge in [-0.2, -0.15) is 0 Å². The van der Waals surface area contributed by atoms with Gasteiger partial charge in [-0.1, -0.05) is 36.8 Å². The second-order valence-electron chi connectivity index (χ2n) is 10.0. The Labute approximate surface area is 207 Å². The second kappa shape index (κ2) is 11.2. The number of hydrogen-bond acceptors (Lipinski definition) is 6. The average molecular weight is 476 g/mol. The third-order valence-corrected chi connectivity index (χ3v) is 7.28. The topological polar surface area (TPSA) is 79.2 Å². The minimum absolute atomic E-state index is 0.0174. The normalized spacial score (nSPS) is 18.5. The van der Waals surface area contributed by atoms with Crippen LogP contribution < -0.4 is 10.2 Å². The molecule has 8 heteroatoms. The summed E-state index contributed by atoms with van der Waals surface area (Å²) in [6, 6.07) is 10.5. The molecule has 1 fully saturated rings. The van der Waals surface area contributed by atoms with Crippen LogP contribution in [0.4, 0.5) is 5.82 Å². The molecule has 2 aliphatic rings. The molecule has 0 aliphatic carbocycles. The molecule has 0 saturated carbocycles. The van der Waals surface area contributed by atoms with E-state index in [0.717, 1.165) is 74.7 Å². The number of fused-ring (bicyclic) bond motifs is 3. The van der Waals surface area contributed by atoms with Crippen LogP contribution in [0.15, 0.2) is 36.7 Å². The highest BCUT2D eigenvalue weighted by molar-refractivity contribution is 5.85. The number of anilines is 1. The summed E-state index contributed by atoms with van der Waals surface area (Å²) < 4.78 is 2.27. The van der Waals surface area contributed by atoms with Crippen molar-refractivity contribution in [2.75, 3.05) is 38.1 Å². The Hall–Kier alpha value is -3.00. The van der Waals surface area contributed by atoms with Crippen molar-refractivity contribution in [2.45, 2.75) is 58.0 Å². The summed E-state index contributed by atoms with van der Waals surface area (Å²) in [5, 5.41) is 3.18. The predicted octanol–water partition coefficient (Wildman–Crippen LogP) is 3.41. The van der Waals surface area contributed by atoms with Crippen LogP contribution in [0.5, 0.6) is 0 Å². The first-order chi connectivity index (χ1) is 17.2. The fourth-order valence-electron chi connectivity index (χ4n) is 5.42. The highest BCUT2D eigenvalue weighted by atomic mass is 16.1. The quantitative estimate of drug-likeness (QED) is 0.503. The van der Waals surface area contributed by atoms with Gasteiger partial charge in [0.15, 0.2) is 17.0 Å². The van der Waals surface area contributed by atoms with E-state index in [-0.39, 0.29) is 11.8 Å². The van der Waals surface area contributed by atoms with Crippen molar-refractivity contribution in [1.82, 2.24) is 29.7 Å². The molecule has 5 rings (SSSR count). The maximum Gasteiger partial charge on any atom is 0.224 e. The number of aromatic nitrogens is 4. The summed E-state index contributed by atoms with van der Waals surface area (Å²) in [6.45, 7) is 5.16. The molecular weight excluding hydrogens is 438 g/mol. The molecule has 0 spiro atoms. The van der Waals surface area contributed by atoms with Gasteiger partial charge in [0.25, 0.3) is 0 Å². The molecule has 35 heavy (non-hydrogen) atoms. The number of carbonyl (C=O) groups is 1. The molecule has 4 heterocycles. The van der Waals surface area contributed by atoms with Gasteiger partial charge in [0.1, 0.15) is 12.2 Å². The summed E-state index contributed by atoms with van der Waals surface area (Å²) in [5.41, 5.74) is 3.15. The predicted molar refractivity (Wildman–Crippen MR) is 138 cm³/mol. The van der Waals surface area contributed by atoms with Gasteiger partial charge in [-0.25, -0.2) is 15.0 Å². The van der Waals surface area contributed by atoms with E-state index in [1.54, 1.807) is 6.33 Å². The number of rotatable bonds is 8. The number of benzene rings is 1. The van der Waals surface area contributed by atoms with Gasteiger partial charge < -0.3 is 19.7 Å². The van der Waals surface area contributed by atoms with E-state index in [9.17, 15) is 4.79 Å². The Balaban J connectivity index is 1.15. The first-order valence-electron chi connectivity index (χ1n) is 13.1. The zero-order valence-corrected chi connectivity index (χ0v) is 20.8. The molecule has 1 amide bonds. The second-order valence-corrected chi connectivity index (χ2v) is 10.0. The molecular formula is C27H37N7O. The Morgan fingerprint density at radius 1 is 1.11 bits per heavy atom. The molecule has 0 unspecified atom stereocenters. The minimum Gasteiger partial charge on any atom is -0.356 e. The van der Waals surface area contributed by atoms with Gasteiger partial charge in [-0.3, -0.25) is 4.79 Å². The maximum atomic E-state index is 13.0. The zero-order chi connectivity index (χ0) is 24.0. The highest BCUT2D eigenvalue weighted by Gasteiger charge is 2.29. The summed E-state index contributed by atoms with van der Waals surface area (Å²) in [6.07, 6.45) is 9.11. The van der Waals surface area contributed by atoms with E-state index < -0.39 is 0 Å². The number of imidazole rings is 1. The van der Waals surface area contributed by atoms with E-state index in [0.29, 0.717) is 13.1 Å². The van der Waals surface area contributed by atoms with Crippen LogP contribution in [0.25, 0.3) is 11.2 Å². The molecule has 8 nitrogen and oxygen atoms in total. The van der Waals surface area contributed by atoms with Crippen LogP contribution in [-0.4, -0.2) is 63.6 Å². The van der Waals surface area contributed by atoms with Crippen molar-refractivity contribution in [3.63, 3.8) is 0 Å². The van der Waals surface area contributed by atoms with Crippen molar-refractivity contribution >= 4 is 22.9 Å². The Morgan fingerprint density at radius 3 is 2.89 bits per heavy atom. The largest absolute Gasteiger partial charge is 0.356 e. The van der Waals surface area contributed by atoms with E-state index in [1.165, 1.54) is 24.8 Å². The lowest BCUT2D eigenvalue weighted by atomic mass is 9.97. The van der Waals surface area contributed by atoms with Crippen molar-refractivity contribution in [2.24, 2.45) is 5.92 Å². The van der Waals surface area contributed by atoms with Crippen molar-refractivity contribution in [3.05, 3.63) is 48.0 Å². The van der Waals surface area contributed by atoms with E-state index in [1.807, 2.05) is 6.07 Å². The zero-order valence-electron chi connectivity index (χ0n) is 20.8. The lowest BCUT2D eigenvalue weighted by Gasteiger charge is -2.32. The maximum absolute atomic E-state index is 13.0. The van der Waals surface area contributed by atoms with E-state index in [2.05, 4.69) is 61.0 Å². The monoisotopic (exact) mass is 475 g/mol. The van der Waals surface area contributed by atoms with E-state index >= 15 is 0 Å². The molecule has 3 aromatic rings. The fourth-order valence-corrected chi connectivity index (χ4v) is 5.42. The molecule has 0 radical (unpaired) electrons. The van der Waals surface area contributed by atoms with Gasteiger partial charge in [-0.05, 0) is 51.3 Å². The van der Waals surface area contributed by atoms with Crippen molar-refractivity contribution in [1.29, 1.82) is 0 Å². The van der Waals surface area contributed by atoms with Gasteiger partial charge >= 0.3 is 0 Å². The molecule has 0 bridgehead atoms. The minimum atomic E-state index is -0.0174. The van der Waals surface area contributed by atoms with Crippen molar-refractivity contribution in [3.8, 4) is 0 Å². The summed E-state index contributed by atoms with van der Waals surface area (Å²) in [7, 11) is 2.13. The fraction of sp³-hybridized carbons (Fsp3) is 0.556. The Kier molecular flexibility index (Phi) is 7.57. The number of nitrogens with zero attached hydrogens (tertiary/aromatic N) is 6. The smallest absolute Gasteiger partial charge is 0.224 e.